The molecule has 0 aliphatic carbocycles. The number of hydrogen-bond acceptors (Lipinski definition) is 4. The summed E-state index contributed by atoms with van der Waals surface area (Å²) in [6, 6.07) is 12.1. The summed E-state index contributed by atoms with van der Waals surface area (Å²) in [5.41, 5.74) is 9.22. The highest BCUT2D eigenvalue weighted by Gasteiger charge is 2.12. The van der Waals surface area contributed by atoms with Gasteiger partial charge in [0.15, 0.2) is 11.5 Å². The third-order valence-corrected chi connectivity index (χ3v) is 4.44. The van der Waals surface area contributed by atoms with Crippen molar-refractivity contribution in [3.8, 4) is 11.5 Å². The summed E-state index contributed by atoms with van der Waals surface area (Å²) in [5.74, 6) is 2.57. The number of hydrogen-bond donors (Lipinski definition) is 1. The van der Waals surface area contributed by atoms with Crippen LogP contribution in [-0.4, -0.2) is 13.2 Å². The standard InChI is InChI=1S/C16H17NO2S/c1-11-12(3-2-4-14(11)17)10-20-13-5-6-15-16(9-13)19-8-7-18-15/h2-6,9H,7-8,10,17H2,1H3. The SMILES string of the molecule is Cc1c(N)cccc1CSc1ccc2c(c1)OCCO2. The summed E-state index contributed by atoms with van der Waals surface area (Å²) in [6.07, 6.45) is 0. The third-order valence-electron chi connectivity index (χ3n) is 3.40. The molecule has 1 aliphatic heterocycles. The van der Waals surface area contributed by atoms with Crippen LogP contribution in [0.4, 0.5) is 5.69 Å². The lowest BCUT2D eigenvalue weighted by Crippen LogP contribution is -2.15. The molecule has 3 rings (SSSR count). The molecule has 1 heterocycles. The van der Waals surface area contributed by atoms with Gasteiger partial charge < -0.3 is 15.2 Å². The van der Waals surface area contributed by atoms with Crippen LogP contribution >= 0.6 is 11.8 Å². The molecule has 0 atom stereocenters. The van der Waals surface area contributed by atoms with E-state index in [1.54, 1.807) is 11.8 Å². The van der Waals surface area contributed by atoms with E-state index < -0.39 is 0 Å². The predicted molar refractivity (Wildman–Crippen MR) is 82.6 cm³/mol. The molecule has 0 aromatic heterocycles. The van der Waals surface area contributed by atoms with Gasteiger partial charge in [0.1, 0.15) is 13.2 Å². The largest absolute Gasteiger partial charge is 0.486 e. The zero-order chi connectivity index (χ0) is 13.9. The first-order valence-electron chi connectivity index (χ1n) is 6.60. The fraction of sp³-hybridized carbons (Fsp3) is 0.250. The predicted octanol–water partition coefficient (Wildman–Crippen LogP) is 3.64. The van der Waals surface area contributed by atoms with E-state index in [9.17, 15) is 0 Å². The summed E-state index contributed by atoms with van der Waals surface area (Å²) >= 11 is 1.78. The van der Waals surface area contributed by atoms with Crippen molar-refractivity contribution in [1.82, 2.24) is 0 Å². The number of ether oxygens (including phenoxy) is 2. The van der Waals surface area contributed by atoms with Crippen LogP contribution in [0.2, 0.25) is 0 Å². The van der Waals surface area contributed by atoms with Gasteiger partial charge in [0, 0.05) is 16.3 Å². The highest BCUT2D eigenvalue weighted by Crippen LogP contribution is 2.35. The third kappa shape index (κ3) is 2.70. The van der Waals surface area contributed by atoms with Crippen molar-refractivity contribution in [2.24, 2.45) is 0 Å². The molecule has 2 N–H and O–H groups in total. The van der Waals surface area contributed by atoms with E-state index in [1.165, 1.54) is 10.5 Å². The minimum atomic E-state index is 0.620. The molecule has 3 nitrogen and oxygen atoms in total. The molecule has 0 fully saturated rings. The number of thioether (sulfide) groups is 1. The van der Waals surface area contributed by atoms with Gasteiger partial charge in [0.05, 0.1) is 0 Å². The topological polar surface area (TPSA) is 44.5 Å². The molecule has 20 heavy (non-hydrogen) atoms. The van der Waals surface area contributed by atoms with Gasteiger partial charge in [-0.15, -0.1) is 11.8 Å². The zero-order valence-electron chi connectivity index (χ0n) is 11.4. The van der Waals surface area contributed by atoms with E-state index in [2.05, 4.69) is 19.1 Å². The minimum Gasteiger partial charge on any atom is -0.486 e. The monoisotopic (exact) mass is 287 g/mol. The first kappa shape index (κ1) is 13.2. The van der Waals surface area contributed by atoms with Crippen LogP contribution in [-0.2, 0) is 5.75 Å². The Balaban J connectivity index is 1.73. The van der Waals surface area contributed by atoms with Crippen molar-refractivity contribution in [2.75, 3.05) is 18.9 Å². The highest BCUT2D eigenvalue weighted by molar-refractivity contribution is 7.98. The molecule has 0 unspecified atom stereocenters. The Morgan fingerprint density at radius 2 is 1.90 bits per heavy atom. The van der Waals surface area contributed by atoms with Crippen LogP contribution in [0.15, 0.2) is 41.3 Å². The molecule has 0 saturated carbocycles. The van der Waals surface area contributed by atoms with Crippen molar-refractivity contribution < 1.29 is 9.47 Å². The van der Waals surface area contributed by atoms with E-state index >= 15 is 0 Å². The molecule has 2 aromatic rings. The molecule has 0 spiro atoms. The molecule has 104 valence electrons. The molecule has 0 radical (unpaired) electrons. The summed E-state index contributed by atoms with van der Waals surface area (Å²) in [5, 5.41) is 0. The molecule has 0 saturated heterocycles. The maximum absolute atomic E-state index is 5.93. The Morgan fingerprint density at radius 1 is 1.10 bits per heavy atom. The smallest absolute Gasteiger partial charge is 0.162 e. The van der Waals surface area contributed by atoms with E-state index in [0.29, 0.717) is 13.2 Å². The van der Waals surface area contributed by atoms with Crippen molar-refractivity contribution in [2.45, 2.75) is 17.6 Å². The molecular formula is C16H17NO2S. The van der Waals surface area contributed by atoms with Crippen molar-refractivity contribution >= 4 is 17.4 Å². The van der Waals surface area contributed by atoms with Crippen molar-refractivity contribution in [3.63, 3.8) is 0 Å². The fourth-order valence-electron chi connectivity index (χ4n) is 2.13. The highest BCUT2D eigenvalue weighted by atomic mass is 32.2. The van der Waals surface area contributed by atoms with E-state index in [4.69, 9.17) is 15.2 Å². The van der Waals surface area contributed by atoms with Gasteiger partial charge in [0.2, 0.25) is 0 Å². The average Bonchev–Trinajstić information content (AvgIpc) is 2.48. The Bertz CT molecular complexity index is 628. The average molecular weight is 287 g/mol. The van der Waals surface area contributed by atoms with Gasteiger partial charge in [-0.05, 0) is 42.3 Å². The minimum absolute atomic E-state index is 0.620. The molecule has 0 amide bonds. The number of benzene rings is 2. The summed E-state index contributed by atoms with van der Waals surface area (Å²) in [6.45, 7) is 3.31. The van der Waals surface area contributed by atoms with Gasteiger partial charge in [-0.1, -0.05) is 12.1 Å². The van der Waals surface area contributed by atoms with Gasteiger partial charge in [0.25, 0.3) is 0 Å². The fourth-order valence-corrected chi connectivity index (χ4v) is 3.12. The second-order valence-corrected chi connectivity index (χ2v) is 5.77. The number of rotatable bonds is 3. The van der Waals surface area contributed by atoms with E-state index in [-0.39, 0.29) is 0 Å². The summed E-state index contributed by atoms with van der Waals surface area (Å²) in [7, 11) is 0. The summed E-state index contributed by atoms with van der Waals surface area (Å²) < 4.78 is 11.1. The van der Waals surface area contributed by atoms with Gasteiger partial charge in [-0.25, -0.2) is 0 Å². The number of nitrogen functional groups attached to an aromatic ring is 1. The number of nitrogens with two attached hydrogens (primary N) is 1. The van der Waals surface area contributed by atoms with Gasteiger partial charge in [-0.3, -0.25) is 0 Å². The Labute approximate surface area is 123 Å². The Hall–Kier alpha value is -1.81. The quantitative estimate of drug-likeness (QED) is 0.691. The van der Waals surface area contributed by atoms with E-state index in [0.717, 1.165) is 28.5 Å². The van der Waals surface area contributed by atoms with Crippen molar-refractivity contribution in [3.05, 3.63) is 47.5 Å². The molecule has 2 aromatic carbocycles. The van der Waals surface area contributed by atoms with Gasteiger partial charge >= 0.3 is 0 Å². The lowest BCUT2D eigenvalue weighted by Gasteiger charge is -2.18. The lowest BCUT2D eigenvalue weighted by atomic mass is 10.1. The molecule has 1 aliphatic rings. The van der Waals surface area contributed by atoms with Crippen LogP contribution in [0.25, 0.3) is 0 Å². The first-order chi connectivity index (χ1) is 9.74. The maximum atomic E-state index is 5.93. The van der Waals surface area contributed by atoms with Crippen LogP contribution in [0.3, 0.4) is 0 Å². The second-order valence-electron chi connectivity index (χ2n) is 4.73. The van der Waals surface area contributed by atoms with Crippen LogP contribution in [0.1, 0.15) is 11.1 Å². The normalized spacial score (nSPS) is 13.2. The van der Waals surface area contributed by atoms with Crippen molar-refractivity contribution in [1.29, 1.82) is 0 Å². The van der Waals surface area contributed by atoms with E-state index in [1.807, 2.05) is 24.3 Å². The number of fused-ring (bicyclic) bond motifs is 1. The van der Waals surface area contributed by atoms with Gasteiger partial charge in [-0.2, -0.15) is 0 Å². The molecular weight excluding hydrogens is 270 g/mol. The summed E-state index contributed by atoms with van der Waals surface area (Å²) in [4.78, 5) is 1.18. The maximum Gasteiger partial charge on any atom is 0.162 e. The van der Waals surface area contributed by atoms with Crippen LogP contribution in [0, 0.1) is 6.92 Å². The Morgan fingerprint density at radius 3 is 2.75 bits per heavy atom. The molecule has 4 heteroatoms. The zero-order valence-corrected chi connectivity index (χ0v) is 12.2. The Kier molecular flexibility index (Phi) is 3.74. The second kappa shape index (κ2) is 5.67. The first-order valence-corrected chi connectivity index (χ1v) is 7.59. The number of anilines is 1. The van der Waals surface area contributed by atoms with Crippen LogP contribution < -0.4 is 15.2 Å². The lowest BCUT2D eigenvalue weighted by molar-refractivity contribution is 0.171. The van der Waals surface area contributed by atoms with Crippen LogP contribution in [0.5, 0.6) is 11.5 Å². The molecule has 0 bridgehead atoms.